The molecule has 1 fully saturated rings. The first-order valence-corrected chi connectivity index (χ1v) is 10.7. The largest absolute Gasteiger partial charge is 0.507 e. The second-order valence-electron chi connectivity index (χ2n) is 7.76. The van der Waals surface area contributed by atoms with E-state index in [0.29, 0.717) is 30.0 Å². The summed E-state index contributed by atoms with van der Waals surface area (Å²) >= 11 is 0. The Morgan fingerprint density at radius 3 is 2.34 bits per heavy atom. The summed E-state index contributed by atoms with van der Waals surface area (Å²) in [6.07, 6.45) is 0. The van der Waals surface area contributed by atoms with Gasteiger partial charge in [0.2, 0.25) is 0 Å². The average molecular weight is 441 g/mol. The molecule has 0 unspecified atom stereocenters. The maximum Gasteiger partial charge on any atom is 0.295 e. The molecular formula is C25H29FN2O4. The van der Waals surface area contributed by atoms with Gasteiger partial charge in [0.25, 0.3) is 11.7 Å². The Hall–Kier alpha value is -3.19. The molecule has 0 radical (unpaired) electrons. The molecule has 1 amide bonds. The van der Waals surface area contributed by atoms with E-state index >= 15 is 0 Å². The molecular weight excluding hydrogens is 411 g/mol. The molecule has 1 aliphatic heterocycles. The van der Waals surface area contributed by atoms with Gasteiger partial charge >= 0.3 is 0 Å². The highest BCUT2D eigenvalue weighted by Gasteiger charge is 2.46. The van der Waals surface area contributed by atoms with Crippen LogP contribution in [-0.2, 0) is 9.59 Å². The fourth-order valence-electron chi connectivity index (χ4n) is 4.07. The number of nitrogens with zero attached hydrogens (tertiary/aromatic N) is 2. The zero-order chi connectivity index (χ0) is 23.4. The van der Waals surface area contributed by atoms with Gasteiger partial charge < -0.3 is 19.6 Å². The van der Waals surface area contributed by atoms with Crippen molar-refractivity contribution >= 4 is 17.4 Å². The van der Waals surface area contributed by atoms with Crippen LogP contribution < -0.4 is 4.74 Å². The van der Waals surface area contributed by atoms with Gasteiger partial charge in [-0.05, 0) is 61.5 Å². The van der Waals surface area contributed by atoms with Crippen LogP contribution in [0.2, 0.25) is 0 Å². The van der Waals surface area contributed by atoms with Crippen LogP contribution in [0.1, 0.15) is 36.6 Å². The van der Waals surface area contributed by atoms with E-state index in [4.69, 9.17) is 4.74 Å². The van der Waals surface area contributed by atoms with Gasteiger partial charge in [-0.15, -0.1) is 0 Å². The highest BCUT2D eigenvalue weighted by atomic mass is 19.1. The number of aliphatic hydroxyl groups excluding tert-OH is 1. The maximum absolute atomic E-state index is 13.6. The van der Waals surface area contributed by atoms with Gasteiger partial charge in [-0.1, -0.05) is 26.0 Å². The Bertz CT molecular complexity index is 1030. The molecule has 1 N–H and O–H groups in total. The highest BCUT2D eigenvalue weighted by molar-refractivity contribution is 6.46. The molecule has 170 valence electrons. The number of carbonyl (C=O) groups excluding carboxylic acids is 2. The number of Topliss-reactive ketones (excluding diaryl/α,β-unsaturated/α-hetero) is 1. The zero-order valence-corrected chi connectivity index (χ0v) is 18.9. The van der Waals surface area contributed by atoms with Gasteiger partial charge in [0.1, 0.15) is 17.3 Å². The Morgan fingerprint density at radius 2 is 1.78 bits per heavy atom. The van der Waals surface area contributed by atoms with Crippen molar-refractivity contribution in [3.63, 3.8) is 0 Å². The fraction of sp³-hybridized carbons (Fsp3) is 0.360. The smallest absolute Gasteiger partial charge is 0.295 e. The number of ether oxygens (including phenoxy) is 1. The van der Waals surface area contributed by atoms with Gasteiger partial charge in [-0.3, -0.25) is 9.59 Å². The number of halogens is 1. The third-order valence-electron chi connectivity index (χ3n) is 5.95. The van der Waals surface area contributed by atoms with Crippen molar-refractivity contribution in [1.29, 1.82) is 0 Å². The number of methoxy groups -OCH3 is 1. The van der Waals surface area contributed by atoms with Crippen LogP contribution in [0.25, 0.3) is 5.76 Å². The summed E-state index contributed by atoms with van der Waals surface area (Å²) in [5.74, 6) is -1.44. The average Bonchev–Trinajstić information content (AvgIpc) is 3.04. The number of carbonyl (C=O) groups is 2. The first-order valence-electron chi connectivity index (χ1n) is 10.7. The number of aliphatic hydroxyl groups is 1. The molecule has 1 aliphatic rings. The molecule has 32 heavy (non-hydrogen) atoms. The molecule has 1 heterocycles. The minimum Gasteiger partial charge on any atom is -0.507 e. The van der Waals surface area contributed by atoms with Crippen molar-refractivity contribution in [2.24, 2.45) is 0 Å². The SMILES string of the molecule is CCN(CC)CCN1C(=O)C(=O)/C(=C(/O)c2ccc(OC)c(C)c2)[C@H]1c1ccc(F)cc1. The van der Waals surface area contributed by atoms with E-state index in [1.54, 1.807) is 37.4 Å². The molecule has 2 aromatic rings. The lowest BCUT2D eigenvalue weighted by atomic mass is 9.94. The third kappa shape index (κ3) is 4.53. The summed E-state index contributed by atoms with van der Waals surface area (Å²) in [4.78, 5) is 29.6. The molecule has 2 aromatic carbocycles. The van der Waals surface area contributed by atoms with Crippen LogP contribution in [0.3, 0.4) is 0 Å². The lowest BCUT2D eigenvalue weighted by Crippen LogP contribution is -2.38. The number of rotatable bonds is 8. The number of ketones is 1. The molecule has 6 nitrogen and oxygen atoms in total. The summed E-state index contributed by atoms with van der Waals surface area (Å²) in [5.41, 5.74) is 1.77. The van der Waals surface area contributed by atoms with E-state index < -0.39 is 23.5 Å². The molecule has 1 saturated heterocycles. The molecule has 0 bridgehead atoms. The molecule has 0 saturated carbocycles. The quantitative estimate of drug-likeness (QED) is 0.383. The minimum absolute atomic E-state index is 0.00530. The lowest BCUT2D eigenvalue weighted by Gasteiger charge is -2.28. The monoisotopic (exact) mass is 440 g/mol. The molecule has 1 atom stereocenters. The van der Waals surface area contributed by atoms with E-state index in [-0.39, 0.29) is 11.3 Å². The van der Waals surface area contributed by atoms with Crippen molar-refractivity contribution in [2.45, 2.75) is 26.8 Å². The number of likely N-dealkylation sites (N-methyl/N-ethyl adjacent to an activating group) is 1. The minimum atomic E-state index is -0.798. The van der Waals surface area contributed by atoms with Gasteiger partial charge in [0.15, 0.2) is 0 Å². The van der Waals surface area contributed by atoms with E-state index in [9.17, 15) is 19.1 Å². The van der Waals surface area contributed by atoms with Crippen LogP contribution in [-0.4, -0.2) is 59.9 Å². The standard InChI is InChI=1S/C25H29FN2O4/c1-5-27(6-2)13-14-28-22(17-7-10-19(26)11-8-17)21(24(30)25(28)31)23(29)18-9-12-20(32-4)16(3)15-18/h7-12,15,22,29H,5-6,13-14H2,1-4H3/b23-21+/t22-/m1/s1. The first-order chi connectivity index (χ1) is 15.3. The van der Waals surface area contributed by atoms with Gasteiger partial charge in [0.05, 0.1) is 18.7 Å². The fourth-order valence-corrected chi connectivity index (χ4v) is 4.07. The number of aryl methyl sites for hydroxylation is 1. The zero-order valence-electron chi connectivity index (χ0n) is 18.9. The molecule has 0 aliphatic carbocycles. The predicted octanol–water partition coefficient (Wildman–Crippen LogP) is 3.91. The van der Waals surface area contributed by atoms with Crippen molar-refractivity contribution in [3.8, 4) is 5.75 Å². The Balaban J connectivity index is 2.10. The number of hydrogen-bond donors (Lipinski definition) is 1. The maximum atomic E-state index is 13.6. The molecule has 0 aromatic heterocycles. The van der Waals surface area contributed by atoms with Gasteiger partial charge in [0, 0.05) is 18.7 Å². The van der Waals surface area contributed by atoms with Crippen LogP contribution in [0, 0.1) is 12.7 Å². The second kappa shape index (κ2) is 9.96. The summed E-state index contributed by atoms with van der Waals surface area (Å²) in [7, 11) is 1.55. The van der Waals surface area contributed by atoms with E-state index in [1.165, 1.54) is 17.0 Å². The molecule has 3 rings (SSSR count). The summed E-state index contributed by atoms with van der Waals surface area (Å²) in [6.45, 7) is 8.41. The van der Waals surface area contributed by atoms with Gasteiger partial charge in [-0.2, -0.15) is 0 Å². The Labute approximate surface area is 187 Å². The number of likely N-dealkylation sites (tertiary alicyclic amines) is 1. The van der Waals surface area contributed by atoms with Crippen molar-refractivity contribution in [3.05, 3.63) is 70.5 Å². The summed E-state index contributed by atoms with van der Waals surface area (Å²) < 4.78 is 18.8. The lowest BCUT2D eigenvalue weighted by molar-refractivity contribution is -0.140. The first kappa shape index (κ1) is 23.5. The summed E-state index contributed by atoms with van der Waals surface area (Å²) in [5, 5.41) is 11.1. The van der Waals surface area contributed by atoms with E-state index in [1.807, 2.05) is 20.8 Å². The van der Waals surface area contributed by atoms with Gasteiger partial charge in [-0.25, -0.2) is 4.39 Å². The number of hydrogen-bond acceptors (Lipinski definition) is 5. The van der Waals surface area contributed by atoms with Crippen molar-refractivity contribution < 1.29 is 23.8 Å². The van der Waals surface area contributed by atoms with Crippen LogP contribution in [0.15, 0.2) is 48.0 Å². The second-order valence-corrected chi connectivity index (χ2v) is 7.76. The summed E-state index contributed by atoms with van der Waals surface area (Å²) in [6, 6.07) is 9.92. The third-order valence-corrected chi connectivity index (χ3v) is 5.95. The van der Waals surface area contributed by atoms with Crippen molar-refractivity contribution in [1.82, 2.24) is 9.80 Å². The normalized spacial score (nSPS) is 17.9. The highest BCUT2D eigenvalue weighted by Crippen LogP contribution is 2.39. The van der Waals surface area contributed by atoms with Crippen LogP contribution in [0.4, 0.5) is 4.39 Å². The van der Waals surface area contributed by atoms with Crippen molar-refractivity contribution in [2.75, 3.05) is 33.3 Å². The molecule has 0 spiro atoms. The topological polar surface area (TPSA) is 70.1 Å². The van der Waals surface area contributed by atoms with Crippen LogP contribution >= 0.6 is 0 Å². The van der Waals surface area contributed by atoms with E-state index in [2.05, 4.69) is 4.90 Å². The molecule has 7 heteroatoms. The van der Waals surface area contributed by atoms with Crippen LogP contribution in [0.5, 0.6) is 5.75 Å². The number of amides is 1. The predicted molar refractivity (Wildman–Crippen MR) is 121 cm³/mol. The number of benzene rings is 2. The Morgan fingerprint density at radius 1 is 1.12 bits per heavy atom. The van der Waals surface area contributed by atoms with E-state index in [0.717, 1.165) is 18.7 Å². The Kier molecular flexibility index (Phi) is 7.30.